The van der Waals surface area contributed by atoms with Crippen LogP contribution >= 0.6 is 43.5 Å². The maximum atomic E-state index is 8.83. The minimum atomic E-state index is -1.48. The van der Waals surface area contributed by atoms with Gasteiger partial charge in [-0.05, 0) is 49.5 Å². The lowest BCUT2D eigenvalue weighted by atomic mass is 9.80. The fraction of sp³-hybridized carbons (Fsp3) is 0. The Balaban J connectivity index is 3.21. The minimum Gasteiger partial charge on any atom is -0.423 e. The van der Waals surface area contributed by atoms with Gasteiger partial charge in [0.25, 0.3) is 0 Å². The van der Waals surface area contributed by atoms with Crippen LogP contribution in [0.4, 0.5) is 0 Å². The zero-order valence-electron chi connectivity index (χ0n) is 5.76. The van der Waals surface area contributed by atoms with Gasteiger partial charge in [-0.25, -0.2) is 0 Å². The second-order valence-corrected chi connectivity index (χ2v) is 4.26. The Kier molecular flexibility index (Phi) is 3.61. The summed E-state index contributed by atoms with van der Waals surface area (Å²) < 4.78 is 1.25. The van der Waals surface area contributed by atoms with Gasteiger partial charge in [0.15, 0.2) is 0 Å². The topological polar surface area (TPSA) is 40.5 Å². The highest BCUT2D eigenvalue weighted by Gasteiger charge is 2.14. The van der Waals surface area contributed by atoms with Gasteiger partial charge in [-0.3, -0.25) is 0 Å². The molecule has 0 unspecified atom stereocenters. The molecular weight excluding hydrogens is 310 g/mol. The van der Waals surface area contributed by atoms with Crippen LogP contribution in [0.25, 0.3) is 0 Å². The number of rotatable bonds is 1. The van der Waals surface area contributed by atoms with Crippen LogP contribution in [0, 0.1) is 0 Å². The average Bonchev–Trinajstić information content (AvgIpc) is 1.99. The fourth-order valence-corrected chi connectivity index (χ4v) is 2.06. The van der Waals surface area contributed by atoms with E-state index < -0.39 is 7.12 Å². The largest absolute Gasteiger partial charge is 0.488 e. The molecular formula is C6H4BBr2ClO2. The van der Waals surface area contributed by atoms with E-state index in [1.807, 2.05) is 0 Å². The number of halogens is 3. The first-order chi connectivity index (χ1) is 5.52. The molecule has 1 rings (SSSR count). The summed E-state index contributed by atoms with van der Waals surface area (Å²) in [7, 11) is -1.48. The highest BCUT2D eigenvalue weighted by Crippen LogP contribution is 2.28. The van der Waals surface area contributed by atoms with Gasteiger partial charge in [0.2, 0.25) is 0 Å². The highest BCUT2D eigenvalue weighted by molar-refractivity contribution is 9.11. The van der Waals surface area contributed by atoms with Crippen molar-refractivity contribution >= 4 is 56.0 Å². The Bertz CT molecular complexity index is 283. The lowest BCUT2D eigenvalue weighted by Gasteiger charge is -2.03. The van der Waals surface area contributed by atoms with Gasteiger partial charge in [-0.15, -0.1) is 0 Å². The summed E-state index contributed by atoms with van der Waals surface area (Å²) in [5.74, 6) is 0. The van der Waals surface area contributed by atoms with Crippen LogP contribution in [0.3, 0.4) is 0 Å². The van der Waals surface area contributed by atoms with Crippen LogP contribution < -0.4 is 5.46 Å². The fourth-order valence-electron chi connectivity index (χ4n) is 0.724. The van der Waals surface area contributed by atoms with E-state index in [0.717, 1.165) is 0 Å². The van der Waals surface area contributed by atoms with Crippen molar-refractivity contribution in [1.82, 2.24) is 0 Å². The summed E-state index contributed by atoms with van der Waals surface area (Å²) in [5.41, 5.74) is 0.387. The molecule has 0 saturated carbocycles. The van der Waals surface area contributed by atoms with Gasteiger partial charge in [0, 0.05) is 8.95 Å². The Labute approximate surface area is 92.0 Å². The van der Waals surface area contributed by atoms with Gasteiger partial charge in [0.1, 0.15) is 0 Å². The van der Waals surface area contributed by atoms with E-state index in [4.69, 9.17) is 21.6 Å². The Morgan fingerprint density at radius 1 is 1.17 bits per heavy atom. The molecule has 0 atom stereocenters. The normalized spacial score (nSPS) is 10.1. The molecule has 1 aromatic carbocycles. The van der Waals surface area contributed by atoms with E-state index >= 15 is 0 Å². The Hall–Kier alpha value is 0.455. The van der Waals surface area contributed by atoms with Crippen molar-refractivity contribution in [2.24, 2.45) is 0 Å². The highest BCUT2D eigenvalue weighted by atomic mass is 79.9. The van der Waals surface area contributed by atoms with E-state index in [-0.39, 0.29) is 0 Å². The predicted octanol–water partition coefficient (Wildman–Crippen LogP) is 1.54. The lowest BCUT2D eigenvalue weighted by molar-refractivity contribution is 0.425. The molecule has 6 heteroatoms. The zero-order chi connectivity index (χ0) is 9.30. The maximum Gasteiger partial charge on any atom is 0.488 e. The van der Waals surface area contributed by atoms with E-state index in [0.29, 0.717) is 19.4 Å². The molecule has 0 aliphatic heterocycles. The zero-order valence-corrected chi connectivity index (χ0v) is 9.69. The lowest BCUT2D eigenvalue weighted by Crippen LogP contribution is -2.29. The molecule has 0 heterocycles. The first-order valence-electron chi connectivity index (χ1n) is 3.03. The molecule has 0 amide bonds. The predicted molar refractivity (Wildman–Crippen MR) is 56.7 cm³/mol. The molecule has 0 radical (unpaired) electrons. The summed E-state index contributed by atoms with van der Waals surface area (Å²) in [6.07, 6.45) is 0. The van der Waals surface area contributed by atoms with Gasteiger partial charge in [-0.1, -0.05) is 11.6 Å². The van der Waals surface area contributed by atoms with Crippen molar-refractivity contribution in [3.63, 3.8) is 0 Å². The first-order valence-corrected chi connectivity index (χ1v) is 4.99. The molecule has 0 aliphatic carbocycles. The van der Waals surface area contributed by atoms with E-state index in [1.165, 1.54) is 0 Å². The van der Waals surface area contributed by atoms with Crippen molar-refractivity contribution in [2.75, 3.05) is 0 Å². The second-order valence-electron chi connectivity index (χ2n) is 2.17. The molecule has 0 aromatic heterocycles. The Morgan fingerprint density at radius 3 is 1.92 bits per heavy atom. The van der Waals surface area contributed by atoms with Gasteiger partial charge >= 0.3 is 7.12 Å². The third kappa shape index (κ3) is 2.23. The third-order valence-electron chi connectivity index (χ3n) is 1.30. The Morgan fingerprint density at radius 2 is 1.58 bits per heavy atom. The van der Waals surface area contributed by atoms with Crippen LogP contribution in [-0.2, 0) is 0 Å². The van der Waals surface area contributed by atoms with Crippen LogP contribution in [0.1, 0.15) is 0 Å². The van der Waals surface area contributed by atoms with Crippen molar-refractivity contribution in [2.45, 2.75) is 0 Å². The monoisotopic (exact) mass is 312 g/mol. The molecule has 12 heavy (non-hydrogen) atoms. The van der Waals surface area contributed by atoms with Gasteiger partial charge in [-0.2, -0.15) is 0 Å². The van der Waals surface area contributed by atoms with Crippen molar-refractivity contribution in [3.8, 4) is 0 Å². The van der Waals surface area contributed by atoms with Crippen molar-refractivity contribution in [1.29, 1.82) is 0 Å². The molecule has 1 aromatic rings. The molecule has 0 bridgehead atoms. The van der Waals surface area contributed by atoms with E-state index in [2.05, 4.69) is 31.9 Å². The van der Waals surface area contributed by atoms with Gasteiger partial charge in [0.05, 0.1) is 5.02 Å². The molecule has 0 aliphatic rings. The third-order valence-corrected chi connectivity index (χ3v) is 3.42. The molecule has 2 N–H and O–H groups in total. The van der Waals surface area contributed by atoms with Crippen LogP contribution in [0.5, 0.6) is 0 Å². The maximum absolute atomic E-state index is 8.83. The van der Waals surface area contributed by atoms with E-state index in [9.17, 15) is 0 Å². The number of hydrogen-bond donors (Lipinski definition) is 2. The first kappa shape index (κ1) is 10.5. The van der Waals surface area contributed by atoms with Crippen molar-refractivity contribution < 1.29 is 10.0 Å². The SMILES string of the molecule is OB(O)c1cc(Br)c(Cl)c(Br)c1. The molecule has 0 spiro atoms. The summed E-state index contributed by atoms with van der Waals surface area (Å²) in [5, 5.41) is 18.2. The summed E-state index contributed by atoms with van der Waals surface area (Å²) in [6, 6.07) is 3.11. The molecule has 0 fully saturated rings. The molecule has 0 saturated heterocycles. The average molecular weight is 314 g/mol. The standard InChI is InChI=1S/C6H4BBr2ClO2/c8-4-1-3(7(11)12)2-5(9)6(4)10/h1-2,11-12H. The summed E-state index contributed by atoms with van der Waals surface area (Å²) in [6.45, 7) is 0. The van der Waals surface area contributed by atoms with Crippen LogP contribution in [0.15, 0.2) is 21.1 Å². The quantitative estimate of drug-likeness (QED) is 0.610. The number of benzene rings is 1. The van der Waals surface area contributed by atoms with Crippen molar-refractivity contribution in [3.05, 3.63) is 26.1 Å². The van der Waals surface area contributed by atoms with Crippen LogP contribution in [0.2, 0.25) is 5.02 Å². The summed E-state index contributed by atoms with van der Waals surface area (Å²) in [4.78, 5) is 0. The minimum absolute atomic E-state index is 0.387. The molecule has 2 nitrogen and oxygen atoms in total. The van der Waals surface area contributed by atoms with Gasteiger partial charge < -0.3 is 10.0 Å². The summed E-state index contributed by atoms with van der Waals surface area (Å²) >= 11 is 12.2. The smallest absolute Gasteiger partial charge is 0.423 e. The van der Waals surface area contributed by atoms with Crippen LogP contribution in [-0.4, -0.2) is 17.2 Å². The van der Waals surface area contributed by atoms with E-state index in [1.54, 1.807) is 12.1 Å². The number of hydrogen-bond acceptors (Lipinski definition) is 2. The molecule has 64 valence electrons. The second kappa shape index (κ2) is 4.11.